The molecule has 0 saturated heterocycles. The van der Waals surface area contributed by atoms with Crippen molar-refractivity contribution in [1.29, 1.82) is 0 Å². The van der Waals surface area contributed by atoms with Crippen molar-refractivity contribution in [1.82, 2.24) is 15.6 Å². The third-order valence-electron chi connectivity index (χ3n) is 3.30. The number of hydrogen-bond acceptors (Lipinski definition) is 4. The Morgan fingerprint density at radius 3 is 2.75 bits per heavy atom. The summed E-state index contributed by atoms with van der Waals surface area (Å²) in [6.07, 6.45) is 5.11. The van der Waals surface area contributed by atoms with Crippen molar-refractivity contribution >= 4 is 17.6 Å². The third kappa shape index (κ3) is 7.02. The number of ether oxygens (including phenoxy) is 1. The Morgan fingerprint density at radius 1 is 1.25 bits per heavy atom. The molecule has 0 saturated carbocycles. The van der Waals surface area contributed by atoms with E-state index in [2.05, 4.69) is 20.6 Å². The number of methoxy groups -OCH3 is 1. The summed E-state index contributed by atoms with van der Waals surface area (Å²) in [7, 11) is 1.67. The second-order valence-corrected chi connectivity index (χ2v) is 5.53. The maximum Gasteiger partial charge on any atom is 0.191 e. The van der Waals surface area contributed by atoms with E-state index in [1.54, 1.807) is 25.6 Å². The minimum Gasteiger partial charge on any atom is -0.469 e. The lowest BCUT2D eigenvalue weighted by Crippen LogP contribution is -2.39. The van der Waals surface area contributed by atoms with E-state index in [0.29, 0.717) is 18.3 Å². The number of nitrogens with zero attached hydrogens (tertiary/aromatic N) is 2. The van der Waals surface area contributed by atoms with E-state index in [9.17, 15) is 0 Å². The summed E-state index contributed by atoms with van der Waals surface area (Å²) in [5.74, 6) is 1.71. The molecule has 0 amide bonds. The van der Waals surface area contributed by atoms with Crippen LogP contribution in [0.15, 0.2) is 46.1 Å². The average molecular weight is 351 g/mol. The van der Waals surface area contributed by atoms with Gasteiger partial charge < -0.3 is 19.8 Å². The molecule has 2 rings (SSSR count). The van der Waals surface area contributed by atoms with Crippen molar-refractivity contribution in [3.8, 4) is 0 Å². The van der Waals surface area contributed by atoms with Gasteiger partial charge in [-0.05, 0) is 30.2 Å². The monoisotopic (exact) mass is 350 g/mol. The molecule has 0 atom stereocenters. The van der Waals surface area contributed by atoms with Crippen LogP contribution in [0.1, 0.15) is 11.3 Å². The molecule has 2 N–H and O–H groups in total. The number of rotatable bonds is 9. The number of hydrogen-bond donors (Lipinski definition) is 2. The molecule has 0 bridgehead atoms. The van der Waals surface area contributed by atoms with Gasteiger partial charge in [0, 0.05) is 32.8 Å². The summed E-state index contributed by atoms with van der Waals surface area (Å²) in [6.45, 7) is 2.69. The fourth-order valence-electron chi connectivity index (χ4n) is 2.06. The minimum atomic E-state index is 0.508. The van der Waals surface area contributed by atoms with E-state index in [1.165, 1.54) is 0 Å². The van der Waals surface area contributed by atoms with Gasteiger partial charge in [-0.25, -0.2) is 4.98 Å². The first kappa shape index (κ1) is 18.3. The van der Waals surface area contributed by atoms with E-state index >= 15 is 0 Å². The lowest BCUT2D eigenvalue weighted by Gasteiger charge is -2.12. The molecule has 0 aliphatic carbocycles. The van der Waals surface area contributed by atoms with Crippen LogP contribution in [-0.4, -0.2) is 44.3 Å². The second-order valence-electron chi connectivity index (χ2n) is 5.15. The van der Waals surface area contributed by atoms with E-state index in [0.717, 1.165) is 43.2 Å². The molecule has 2 aromatic heterocycles. The number of aromatic nitrogens is 1. The van der Waals surface area contributed by atoms with Crippen molar-refractivity contribution in [2.24, 2.45) is 4.99 Å². The third-order valence-corrected chi connectivity index (χ3v) is 3.53. The predicted molar refractivity (Wildman–Crippen MR) is 95.5 cm³/mol. The SMILES string of the molecule is COCCN=C(NCCc1ccc(Cl)nc1)NCCc1ccco1. The molecule has 0 spiro atoms. The average Bonchev–Trinajstić information content (AvgIpc) is 3.10. The smallest absolute Gasteiger partial charge is 0.191 e. The molecular weight excluding hydrogens is 328 g/mol. The number of guanidine groups is 1. The predicted octanol–water partition coefficient (Wildman–Crippen LogP) is 2.29. The van der Waals surface area contributed by atoms with Crippen molar-refractivity contribution in [3.63, 3.8) is 0 Å². The molecule has 0 radical (unpaired) electrons. The Balaban J connectivity index is 1.76. The van der Waals surface area contributed by atoms with Gasteiger partial charge in [0.1, 0.15) is 10.9 Å². The van der Waals surface area contributed by atoms with Crippen LogP contribution in [0, 0.1) is 0 Å². The van der Waals surface area contributed by atoms with Gasteiger partial charge in [-0.15, -0.1) is 0 Å². The molecule has 7 heteroatoms. The van der Waals surface area contributed by atoms with Gasteiger partial charge >= 0.3 is 0 Å². The van der Waals surface area contributed by atoms with Crippen LogP contribution in [0.2, 0.25) is 5.15 Å². The van der Waals surface area contributed by atoms with Crippen LogP contribution >= 0.6 is 11.6 Å². The van der Waals surface area contributed by atoms with E-state index in [-0.39, 0.29) is 0 Å². The summed E-state index contributed by atoms with van der Waals surface area (Å²) >= 11 is 5.79. The first-order valence-corrected chi connectivity index (χ1v) is 8.29. The molecule has 24 heavy (non-hydrogen) atoms. The summed E-state index contributed by atoms with van der Waals surface area (Å²) in [5.41, 5.74) is 1.12. The molecule has 6 nitrogen and oxygen atoms in total. The fourth-order valence-corrected chi connectivity index (χ4v) is 2.17. The van der Waals surface area contributed by atoms with E-state index < -0.39 is 0 Å². The van der Waals surface area contributed by atoms with Crippen LogP contribution in [-0.2, 0) is 17.6 Å². The van der Waals surface area contributed by atoms with Crippen molar-refractivity contribution in [2.75, 3.05) is 33.4 Å². The first-order valence-electron chi connectivity index (χ1n) is 7.92. The Kier molecular flexibility index (Phi) is 8.13. The van der Waals surface area contributed by atoms with Gasteiger partial charge in [0.25, 0.3) is 0 Å². The van der Waals surface area contributed by atoms with Crippen LogP contribution in [0.5, 0.6) is 0 Å². The zero-order valence-corrected chi connectivity index (χ0v) is 14.6. The summed E-state index contributed by atoms with van der Waals surface area (Å²) in [4.78, 5) is 8.56. The van der Waals surface area contributed by atoms with Crippen molar-refractivity contribution in [2.45, 2.75) is 12.8 Å². The topological polar surface area (TPSA) is 71.7 Å². The molecule has 0 aliphatic rings. The molecule has 0 aromatic carbocycles. The lowest BCUT2D eigenvalue weighted by atomic mass is 10.2. The molecule has 2 aromatic rings. The number of aliphatic imine (C=N–C) groups is 1. The van der Waals surface area contributed by atoms with Gasteiger partial charge in [-0.3, -0.25) is 4.99 Å². The van der Waals surface area contributed by atoms with Crippen molar-refractivity contribution in [3.05, 3.63) is 53.2 Å². The highest BCUT2D eigenvalue weighted by atomic mass is 35.5. The molecule has 130 valence electrons. The van der Waals surface area contributed by atoms with E-state index in [1.807, 2.05) is 18.2 Å². The normalized spacial score (nSPS) is 11.5. The zero-order valence-electron chi connectivity index (χ0n) is 13.8. The standard InChI is InChI=1S/C17H23ClN4O2/c1-23-12-10-21-17(20-9-7-15-3-2-11-24-15)19-8-6-14-4-5-16(18)22-13-14/h2-5,11,13H,6-10,12H2,1H3,(H2,19,20,21). The Labute approximate surface area is 147 Å². The molecular formula is C17H23ClN4O2. The van der Waals surface area contributed by atoms with Gasteiger partial charge in [0.05, 0.1) is 19.4 Å². The highest BCUT2D eigenvalue weighted by Crippen LogP contribution is 2.05. The van der Waals surface area contributed by atoms with Crippen LogP contribution in [0.25, 0.3) is 0 Å². The number of furan rings is 1. The van der Waals surface area contributed by atoms with Crippen LogP contribution in [0.4, 0.5) is 0 Å². The summed E-state index contributed by atoms with van der Waals surface area (Å²) in [6, 6.07) is 7.63. The molecule has 2 heterocycles. The maximum atomic E-state index is 5.79. The van der Waals surface area contributed by atoms with Crippen LogP contribution < -0.4 is 10.6 Å². The molecule has 0 aliphatic heterocycles. The Morgan fingerprint density at radius 2 is 2.08 bits per heavy atom. The largest absolute Gasteiger partial charge is 0.469 e. The first-order chi connectivity index (χ1) is 11.8. The highest BCUT2D eigenvalue weighted by molar-refractivity contribution is 6.29. The lowest BCUT2D eigenvalue weighted by molar-refractivity contribution is 0.208. The minimum absolute atomic E-state index is 0.508. The van der Waals surface area contributed by atoms with E-state index in [4.69, 9.17) is 20.8 Å². The summed E-state index contributed by atoms with van der Waals surface area (Å²) < 4.78 is 10.4. The number of halogens is 1. The quantitative estimate of drug-likeness (QED) is 0.314. The Hall–Kier alpha value is -2.05. The summed E-state index contributed by atoms with van der Waals surface area (Å²) in [5, 5.41) is 7.12. The zero-order chi connectivity index (χ0) is 17.0. The fraction of sp³-hybridized carbons (Fsp3) is 0.412. The van der Waals surface area contributed by atoms with Gasteiger partial charge in [0.15, 0.2) is 5.96 Å². The molecule has 0 fully saturated rings. The van der Waals surface area contributed by atoms with Crippen molar-refractivity contribution < 1.29 is 9.15 Å². The number of pyridine rings is 1. The second kappa shape index (κ2) is 10.7. The maximum absolute atomic E-state index is 5.79. The number of nitrogens with one attached hydrogen (secondary N) is 2. The highest BCUT2D eigenvalue weighted by Gasteiger charge is 2.01. The van der Waals surface area contributed by atoms with Gasteiger partial charge in [-0.2, -0.15) is 0 Å². The van der Waals surface area contributed by atoms with Gasteiger partial charge in [0.2, 0.25) is 0 Å². The molecule has 0 unspecified atom stereocenters. The Bertz CT molecular complexity index is 600. The van der Waals surface area contributed by atoms with Crippen LogP contribution in [0.3, 0.4) is 0 Å². The van der Waals surface area contributed by atoms with Gasteiger partial charge in [-0.1, -0.05) is 17.7 Å².